The molecule has 1 aromatic rings. The van der Waals surface area contributed by atoms with Gasteiger partial charge in [-0.1, -0.05) is 27.7 Å². The lowest BCUT2D eigenvalue weighted by atomic mass is 10.1. The minimum atomic E-state index is 0.0773. The molecular weight excluding hydrogens is 224 g/mol. The molecule has 1 aromatic heterocycles. The van der Waals surface area contributed by atoms with E-state index in [1.54, 1.807) is 6.20 Å². The molecule has 1 heterocycles. The van der Waals surface area contributed by atoms with E-state index in [0.717, 1.165) is 30.8 Å². The van der Waals surface area contributed by atoms with Crippen LogP contribution < -0.4 is 4.90 Å². The van der Waals surface area contributed by atoms with Crippen LogP contribution in [0.2, 0.25) is 0 Å². The highest BCUT2D eigenvalue weighted by atomic mass is 16.3. The van der Waals surface area contributed by atoms with Crippen LogP contribution in [0.1, 0.15) is 46.1 Å². The molecule has 0 radical (unpaired) electrons. The number of anilines is 1. The average molecular weight is 250 g/mol. The standard InChI is InChI=1S/C15H26N2O/c1-5-14(6-2)17(10-12(3)4)15-9-13(11-18)7-8-16-15/h7-9,12,14,18H,5-6,10-11H2,1-4H3. The van der Waals surface area contributed by atoms with Gasteiger partial charge >= 0.3 is 0 Å². The number of pyridine rings is 1. The van der Waals surface area contributed by atoms with Gasteiger partial charge in [-0.25, -0.2) is 4.98 Å². The summed E-state index contributed by atoms with van der Waals surface area (Å²) in [6.45, 7) is 9.98. The summed E-state index contributed by atoms with van der Waals surface area (Å²) in [4.78, 5) is 6.85. The third-order valence-electron chi connectivity index (χ3n) is 3.23. The Morgan fingerprint density at radius 2 is 1.94 bits per heavy atom. The molecule has 0 aliphatic rings. The van der Waals surface area contributed by atoms with Crippen LogP contribution in [0.25, 0.3) is 0 Å². The van der Waals surface area contributed by atoms with Crippen LogP contribution in [0.4, 0.5) is 5.82 Å². The lowest BCUT2D eigenvalue weighted by molar-refractivity contribution is 0.281. The first kappa shape index (κ1) is 15.0. The molecule has 3 heteroatoms. The Hall–Kier alpha value is -1.09. The van der Waals surface area contributed by atoms with Crippen molar-refractivity contribution < 1.29 is 5.11 Å². The summed E-state index contributed by atoms with van der Waals surface area (Å²) in [6, 6.07) is 4.39. The van der Waals surface area contributed by atoms with Crippen molar-refractivity contribution in [1.82, 2.24) is 4.98 Å². The Balaban J connectivity index is 2.99. The van der Waals surface area contributed by atoms with Gasteiger partial charge in [0.25, 0.3) is 0 Å². The maximum atomic E-state index is 9.23. The van der Waals surface area contributed by atoms with E-state index in [1.165, 1.54) is 0 Å². The zero-order valence-electron chi connectivity index (χ0n) is 12.1. The second kappa shape index (κ2) is 7.37. The van der Waals surface area contributed by atoms with Crippen LogP contribution >= 0.6 is 0 Å². The van der Waals surface area contributed by atoms with Crippen LogP contribution in [0.15, 0.2) is 18.3 Å². The van der Waals surface area contributed by atoms with E-state index in [2.05, 4.69) is 37.6 Å². The predicted molar refractivity (Wildman–Crippen MR) is 76.7 cm³/mol. The van der Waals surface area contributed by atoms with Crippen molar-refractivity contribution >= 4 is 5.82 Å². The van der Waals surface area contributed by atoms with Crippen LogP contribution in [-0.4, -0.2) is 22.7 Å². The van der Waals surface area contributed by atoms with Gasteiger partial charge in [0.2, 0.25) is 0 Å². The number of rotatable bonds is 7. The first-order valence-electron chi connectivity index (χ1n) is 6.94. The molecule has 0 unspecified atom stereocenters. The summed E-state index contributed by atoms with van der Waals surface area (Å²) in [6.07, 6.45) is 4.03. The monoisotopic (exact) mass is 250 g/mol. The topological polar surface area (TPSA) is 36.4 Å². The largest absolute Gasteiger partial charge is 0.392 e. The van der Waals surface area contributed by atoms with Crippen LogP contribution in [-0.2, 0) is 6.61 Å². The molecule has 0 atom stereocenters. The zero-order valence-corrected chi connectivity index (χ0v) is 12.1. The molecule has 1 N–H and O–H groups in total. The van der Waals surface area contributed by atoms with E-state index in [0.29, 0.717) is 12.0 Å². The average Bonchev–Trinajstić information content (AvgIpc) is 2.38. The van der Waals surface area contributed by atoms with Crippen molar-refractivity contribution in [2.75, 3.05) is 11.4 Å². The lowest BCUT2D eigenvalue weighted by Crippen LogP contribution is -2.38. The molecular formula is C15H26N2O. The van der Waals surface area contributed by atoms with Gasteiger partial charge in [0.15, 0.2) is 0 Å². The van der Waals surface area contributed by atoms with E-state index < -0.39 is 0 Å². The number of aliphatic hydroxyl groups is 1. The normalized spacial score (nSPS) is 11.3. The van der Waals surface area contributed by atoms with E-state index in [4.69, 9.17) is 0 Å². The summed E-state index contributed by atoms with van der Waals surface area (Å²) in [5.74, 6) is 1.59. The Morgan fingerprint density at radius 1 is 1.28 bits per heavy atom. The molecule has 18 heavy (non-hydrogen) atoms. The van der Waals surface area contributed by atoms with Gasteiger partial charge < -0.3 is 10.0 Å². The third-order valence-corrected chi connectivity index (χ3v) is 3.23. The molecule has 0 spiro atoms. The van der Waals surface area contributed by atoms with E-state index in [9.17, 15) is 5.11 Å². The molecule has 3 nitrogen and oxygen atoms in total. The lowest BCUT2D eigenvalue weighted by Gasteiger charge is -2.33. The SMILES string of the molecule is CCC(CC)N(CC(C)C)c1cc(CO)ccn1. The van der Waals surface area contributed by atoms with Crippen LogP contribution in [0, 0.1) is 5.92 Å². The first-order chi connectivity index (χ1) is 8.62. The molecule has 1 rings (SSSR count). The minimum absolute atomic E-state index is 0.0773. The van der Waals surface area contributed by atoms with Crippen molar-refractivity contribution in [1.29, 1.82) is 0 Å². The molecule has 0 amide bonds. The molecule has 0 bridgehead atoms. The fraction of sp³-hybridized carbons (Fsp3) is 0.667. The highest BCUT2D eigenvalue weighted by Crippen LogP contribution is 2.20. The molecule has 102 valence electrons. The highest BCUT2D eigenvalue weighted by Gasteiger charge is 2.18. The third kappa shape index (κ3) is 3.98. The Kier molecular flexibility index (Phi) is 6.13. The minimum Gasteiger partial charge on any atom is -0.392 e. The Morgan fingerprint density at radius 3 is 2.44 bits per heavy atom. The predicted octanol–water partition coefficient (Wildman–Crippen LogP) is 3.22. The van der Waals surface area contributed by atoms with Crippen LogP contribution in [0.3, 0.4) is 0 Å². The van der Waals surface area contributed by atoms with Crippen molar-refractivity contribution in [3.8, 4) is 0 Å². The van der Waals surface area contributed by atoms with Gasteiger partial charge in [0.05, 0.1) is 6.61 Å². The number of aliphatic hydroxyl groups excluding tert-OH is 1. The highest BCUT2D eigenvalue weighted by molar-refractivity contribution is 5.42. The fourth-order valence-corrected chi connectivity index (χ4v) is 2.27. The van der Waals surface area contributed by atoms with Gasteiger partial charge in [-0.2, -0.15) is 0 Å². The van der Waals surface area contributed by atoms with Gasteiger partial charge in [-0.05, 0) is 36.5 Å². The molecule has 0 aliphatic carbocycles. The Bertz CT molecular complexity index is 348. The van der Waals surface area contributed by atoms with Crippen molar-refractivity contribution in [3.05, 3.63) is 23.9 Å². The maximum Gasteiger partial charge on any atom is 0.129 e. The number of hydrogen-bond acceptors (Lipinski definition) is 3. The molecule has 0 saturated heterocycles. The molecule has 0 aromatic carbocycles. The summed E-state index contributed by atoms with van der Waals surface area (Å²) < 4.78 is 0. The van der Waals surface area contributed by atoms with E-state index in [-0.39, 0.29) is 6.61 Å². The second-order valence-electron chi connectivity index (χ2n) is 5.20. The zero-order chi connectivity index (χ0) is 13.5. The van der Waals surface area contributed by atoms with Gasteiger partial charge in [0.1, 0.15) is 5.82 Å². The van der Waals surface area contributed by atoms with Crippen molar-refractivity contribution in [3.63, 3.8) is 0 Å². The van der Waals surface area contributed by atoms with Gasteiger partial charge in [0, 0.05) is 18.8 Å². The summed E-state index contributed by atoms with van der Waals surface area (Å²) in [5.41, 5.74) is 0.930. The van der Waals surface area contributed by atoms with Crippen molar-refractivity contribution in [2.24, 2.45) is 5.92 Å². The number of hydrogen-bond donors (Lipinski definition) is 1. The van der Waals surface area contributed by atoms with E-state index in [1.807, 2.05) is 12.1 Å². The maximum absolute atomic E-state index is 9.23. The van der Waals surface area contributed by atoms with Gasteiger partial charge in [-0.15, -0.1) is 0 Å². The summed E-state index contributed by atoms with van der Waals surface area (Å²) in [7, 11) is 0. The quantitative estimate of drug-likeness (QED) is 0.807. The molecule has 0 saturated carbocycles. The smallest absolute Gasteiger partial charge is 0.129 e. The number of nitrogens with zero attached hydrogens (tertiary/aromatic N) is 2. The first-order valence-corrected chi connectivity index (χ1v) is 6.94. The molecule has 0 aliphatic heterocycles. The van der Waals surface area contributed by atoms with Crippen molar-refractivity contribution in [2.45, 2.75) is 53.2 Å². The second-order valence-corrected chi connectivity index (χ2v) is 5.20. The Labute approximate surface area is 111 Å². The van der Waals surface area contributed by atoms with Crippen LogP contribution in [0.5, 0.6) is 0 Å². The van der Waals surface area contributed by atoms with E-state index >= 15 is 0 Å². The summed E-state index contributed by atoms with van der Waals surface area (Å²) in [5, 5.41) is 9.23. The summed E-state index contributed by atoms with van der Waals surface area (Å²) >= 11 is 0. The number of aromatic nitrogens is 1. The van der Waals surface area contributed by atoms with Gasteiger partial charge in [-0.3, -0.25) is 0 Å². The molecule has 0 fully saturated rings. The fourth-order valence-electron chi connectivity index (χ4n) is 2.27.